The minimum absolute atomic E-state index is 0.231. The molecule has 0 unspecified atom stereocenters. The first-order chi connectivity index (χ1) is 17.5. The second-order valence-corrected chi connectivity index (χ2v) is 9.80. The van der Waals surface area contributed by atoms with Crippen LogP contribution in [-0.4, -0.2) is 59.6 Å². The van der Waals surface area contributed by atoms with E-state index in [1.165, 1.54) is 75.5 Å². The molecule has 2 amide bonds. The molecule has 1 heterocycles. The van der Waals surface area contributed by atoms with Gasteiger partial charge in [-0.1, -0.05) is 96.8 Å². The zero-order chi connectivity index (χ0) is 26.4. The van der Waals surface area contributed by atoms with E-state index in [2.05, 4.69) is 5.32 Å². The van der Waals surface area contributed by atoms with Crippen LogP contribution in [0.3, 0.4) is 0 Å². The van der Waals surface area contributed by atoms with Gasteiger partial charge < -0.3 is 20.1 Å². The largest absolute Gasteiger partial charge is 0.464 e. The molecule has 0 saturated carbocycles. The number of unbranched alkanes of at least 4 members (excludes halogenated alkanes) is 14. The number of aliphatic hydroxyl groups excluding tert-OH is 1. The number of hydrogen-bond acceptors (Lipinski definition) is 5. The summed E-state index contributed by atoms with van der Waals surface area (Å²) in [4.78, 5) is 38.6. The highest BCUT2D eigenvalue weighted by molar-refractivity contribution is 5.91. The third-order valence-corrected chi connectivity index (χ3v) is 6.81. The van der Waals surface area contributed by atoms with Gasteiger partial charge in [-0.25, -0.2) is 4.79 Å². The zero-order valence-corrected chi connectivity index (χ0v) is 22.2. The first-order valence-corrected chi connectivity index (χ1v) is 14.2. The fourth-order valence-corrected chi connectivity index (χ4v) is 4.75. The number of nitrogens with one attached hydrogen (secondary N) is 1. The fraction of sp³-hybridized carbons (Fsp3) is 0.893. The Morgan fingerprint density at radius 1 is 0.943 bits per heavy atom. The summed E-state index contributed by atoms with van der Waals surface area (Å²) in [7, 11) is 0. The summed E-state index contributed by atoms with van der Waals surface area (Å²) in [5.41, 5.74) is 0. The van der Waals surface area contributed by atoms with Crippen LogP contribution in [-0.2, 0) is 19.1 Å². The van der Waals surface area contributed by atoms with Gasteiger partial charge in [0.15, 0.2) is 0 Å². The van der Waals surface area contributed by atoms with E-state index in [1.54, 1.807) is 6.92 Å². The minimum atomic E-state index is -1.01. The second-order valence-electron chi connectivity index (χ2n) is 9.80. The van der Waals surface area contributed by atoms with Crippen molar-refractivity contribution >= 4 is 17.8 Å². The van der Waals surface area contributed by atoms with E-state index in [0.717, 1.165) is 25.7 Å². The summed E-state index contributed by atoms with van der Waals surface area (Å²) >= 11 is 0. The Kier molecular flexibility index (Phi) is 17.4. The smallest absolute Gasteiger partial charge is 0.328 e. The topological polar surface area (TPSA) is 95.9 Å². The number of esters is 1. The van der Waals surface area contributed by atoms with Crippen LogP contribution in [0.25, 0.3) is 0 Å². The third kappa shape index (κ3) is 13.9. The van der Waals surface area contributed by atoms with Crippen molar-refractivity contribution in [2.45, 2.75) is 141 Å². The lowest BCUT2D eigenvalue weighted by molar-refractivity contribution is -0.154. The van der Waals surface area contributed by atoms with E-state index < -0.39 is 30.6 Å². The molecule has 1 fully saturated rings. The predicted octanol–water partition coefficient (Wildman–Crippen LogP) is 5.28. The van der Waals surface area contributed by atoms with Crippen molar-refractivity contribution in [2.24, 2.45) is 0 Å². The molecule has 7 nitrogen and oxygen atoms in total. The average Bonchev–Trinajstić information content (AvgIpc) is 3.37. The molecule has 1 rings (SSSR count). The van der Waals surface area contributed by atoms with E-state index in [1.807, 2.05) is 0 Å². The lowest BCUT2D eigenvalue weighted by Crippen LogP contribution is -2.53. The maximum absolute atomic E-state index is 12.8. The van der Waals surface area contributed by atoms with E-state index in [9.17, 15) is 19.5 Å². The molecule has 0 aromatic carbocycles. The van der Waals surface area contributed by atoms with Crippen molar-refractivity contribution in [3.8, 4) is 0 Å². The lowest BCUT2D eigenvalue weighted by Gasteiger charge is -2.27. The van der Waals surface area contributed by atoms with Gasteiger partial charge in [-0.15, -0.1) is 0 Å². The number of rotatable bonds is 21. The summed E-state index contributed by atoms with van der Waals surface area (Å²) in [6.07, 6.45) is 19.7. The van der Waals surface area contributed by atoms with Gasteiger partial charge in [0.1, 0.15) is 12.1 Å². The number of likely N-dealkylation sites (tertiary alicyclic amines) is 1. The van der Waals surface area contributed by atoms with Gasteiger partial charge in [-0.05, 0) is 26.2 Å². The van der Waals surface area contributed by atoms with Gasteiger partial charge in [0.05, 0.1) is 13.2 Å². The highest BCUT2D eigenvalue weighted by atomic mass is 16.5. The normalized spacial score (nSPS) is 16.7. The molecule has 0 spiro atoms. The zero-order valence-electron chi connectivity index (χ0n) is 23.2. The van der Waals surface area contributed by atoms with Crippen molar-refractivity contribution in [1.82, 2.24) is 10.2 Å². The van der Waals surface area contributed by atoms with Crippen LogP contribution in [0.15, 0.2) is 0 Å². The Bertz CT molecular complexity index is 604. The molecule has 0 bridgehead atoms. The molecule has 1 aliphatic heterocycles. The number of ether oxygens (including phenoxy) is 1. The van der Waals surface area contributed by atoms with E-state index in [-0.39, 0.29) is 12.5 Å². The maximum Gasteiger partial charge on any atom is 0.328 e. The van der Waals surface area contributed by atoms with Crippen molar-refractivity contribution in [3.05, 3.63) is 0 Å². The first kappa shape index (κ1) is 29.6. The average molecular weight is 498 g/mol. The molecular weight excluding hydrogens is 444 g/mol. The van der Waals surface area contributed by atoms with E-state index >= 15 is 0 Å². The van der Waals surface area contributed by atoms with Crippen molar-refractivity contribution < 1.29 is 25.6 Å². The first-order valence-electron chi connectivity index (χ1n) is 14.9. The standard InChI is InChI=1S/C28H52N2O5/c1-3-5-6-7-8-9-10-11-12-13-14-15-16-17-18-21-26(32)29-24(23-31)27(33)30-22-19-20-25(30)28(34)35-4-2/h24-25,31H,3-23H2,1-2H3,(H,29,32)/t24-,25-/m0/s1/i1D. The van der Waals surface area contributed by atoms with Crippen LogP contribution in [0.4, 0.5) is 0 Å². The molecule has 0 aromatic rings. The molecule has 204 valence electrons. The summed E-state index contributed by atoms with van der Waals surface area (Å²) in [6.45, 7) is 2.51. The molecule has 35 heavy (non-hydrogen) atoms. The number of amides is 2. The van der Waals surface area contributed by atoms with Crippen LogP contribution in [0.5, 0.6) is 0 Å². The number of nitrogens with zero attached hydrogens (tertiary/aromatic N) is 1. The molecule has 1 saturated heterocycles. The van der Waals surface area contributed by atoms with Crippen LogP contribution < -0.4 is 5.32 Å². The Morgan fingerprint density at radius 3 is 2.00 bits per heavy atom. The number of carbonyl (C=O) groups is 3. The number of aliphatic hydroxyl groups is 1. The van der Waals surface area contributed by atoms with E-state index in [4.69, 9.17) is 6.11 Å². The SMILES string of the molecule is [2H]CCCCCCCCCCCCCCCCCC(=O)N[C@@H](CO)C(=O)N1CCC[C@H]1C(=O)OCC. The Morgan fingerprint density at radius 2 is 1.49 bits per heavy atom. The van der Waals surface area contributed by atoms with Gasteiger partial charge in [-0.3, -0.25) is 9.59 Å². The van der Waals surface area contributed by atoms with Crippen molar-refractivity contribution in [2.75, 3.05) is 19.8 Å². The highest BCUT2D eigenvalue weighted by Crippen LogP contribution is 2.20. The van der Waals surface area contributed by atoms with Crippen molar-refractivity contribution in [1.29, 1.82) is 0 Å². The summed E-state index contributed by atoms with van der Waals surface area (Å²) in [6, 6.07) is -1.64. The van der Waals surface area contributed by atoms with Crippen LogP contribution in [0, 0.1) is 0 Å². The molecular formula is C28H52N2O5. The molecule has 0 radical (unpaired) electrons. The van der Waals surface area contributed by atoms with Gasteiger partial charge >= 0.3 is 5.97 Å². The Balaban J connectivity index is 2.05. The quantitative estimate of drug-likeness (QED) is 0.166. The second kappa shape index (κ2) is 20.6. The van der Waals surface area contributed by atoms with Gasteiger partial charge in [0.2, 0.25) is 11.8 Å². The maximum atomic E-state index is 12.8. The van der Waals surface area contributed by atoms with Crippen LogP contribution in [0.1, 0.15) is 131 Å². The van der Waals surface area contributed by atoms with Crippen LogP contribution in [0.2, 0.25) is 0 Å². The summed E-state index contributed by atoms with van der Waals surface area (Å²) < 4.78 is 12.2. The number of carbonyl (C=O) groups excluding carboxylic acids is 3. The fourth-order valence-electron chi connectivity index (χ4n) is 4.75. The molecule has 1 aliphatic rings. The minimum Gasteiger partial charge on any atom is -0.464 e. The Hall–Kier alpha value is -1.63. The molecule has 2 N–H and O–H groups in total. The number of hydrogen-bond donors (Lipinski definition) is 2. The highest BCUT2D eigenvalue weighted by Gasteiger charge is 2.38. The summed E-state index contributed by atoms with van der Waals surface area (Å²) in [5, 5.41) is 12.3. The summed E-state index contributed by atoms with van der Waals surface area (Å²) in [5.74, 6) is -1.07. The lowest BCUT2D eigenvalue weighted by atomic mass is 10.0. The molecule has 0 aromatic heterocycles. The monoisotopic (exact) mass is 497 g/mol. The Labute approximate surface area is 215 Å². The van der Waals surface area contributed by atoms with Gasteiger partial charge in [0, 0.05) is 14.3 Å². The van der Waals surface area contributed by atoms with Gasteiger partial charge in [-0.2, -0.15) is 0 Å². The van der Waals surface area contributed by atoms with Gasteiger partial charge in [0.25, 0.3) is 0 Å². The van der Waals surface area contributed by atoms with Crippen molar-refractivity contribution in [3.63, 3.8) is 0 Å². The molecule has 7 heteroatoms. The molecule has 0 aliphatic carbocycles. The van der Waals surface area contributed by atoms with E-state index in [0.29, 0.717) is 32.7 Å². The molecule has 2 atom stereocenters. The van der Waals surface area contributed by atoms with Crippen LogP contribution >= 0.6 is 0 Å². The predicted molar refractivity (Wildman–Crippen MR) is 140 cm³/mol. The third-order valence-electron chi connectivity index (χ3n) is 6.81.